The molecule has 3 aromatic carbocycles. The van der Waals surface area contributed by atoms with Crippen molar-refractivity contribution in [3.8, 4) is 0 Å². The smallest absolute Gasteiger partial charge is 0.416 e. The molecule has 3 aromatic rings. The average molecular weight is 509 g/mol. The molecule has 0 unspecified atom stereocenters. The maximum Gasteiger partial charge on any atom is 0.416 e. The summed E-state index contributed by atoms with van der Waals surface area (Å²) in [4.78, 5) is 25.2. The molecule has 0 aromatic heterocycles. The molecule has 0 radical (unpaired) electrons. The van der Waals surface area contributed by atoms with E-state index in [1.54, 1.807) is 19.9 Å². The molecule has 0 saturated carbocycles. The van der Waals surface area contributed by atoms with E-state index in [4.69, 9.17) is 4.74 Å². The average Bonchev–Trinajstić information content (AvgIpc) is 2.77. The van der Waals surface area contributed by atoms with Crippen molar-refractivity contribution in [1.29, 1.82) is 0 Å². The number of ether oxygens (including phenoxy) is 1. The van der Waals surface area contributed by atoms with Gasteiger partial charge in [0, 0.05) is 5.56 Å². The van der Waals surface area contributed by atoms with E-state index >= 15 is 0 Å². The number of hydrogen-bond acceptors (Lipinski definition) is 5. The zero-order valence-electron chi connectivity index (χ0n) is 19.1. The molecule has 2 N–H and O–H groups in total. The number of nitrogens with one attached hydrogen (secondary N) is 2. The van der Waals surface area contributed by atoms with Gasteiger partial charge in [0.2, 0.25) is 10.0 Å². The number of alkyl halides is 3. The normalized spacial score (nSPS) is 12.7. The summed E-state index contributed by atoms with van der Waals surface area (Å²) in [7, 11) is -3.66. The number of amides is 1. The molecule has 35 heavy (non-hydrogen) atoms. The molecule has 1 atom stereocenters. The van der Waals surface area contributed by atoms with Gasteiger partial charge in [0.1, 0.15) is 0 Å². The van der Waals surface area contributed by atoms with Crippen molar-refractivity contribution in [2.75, 3.05) is 17.6 Å². The predicted molar refractivity (Wildman–Crippen MR) is 126 cm³/mol. The van der Waals surface area contributed by atoms with Gasteiger partial charge in [-0.1, -0.05) is 18.2 Å². The van der Waals surface area contributed by atoms with E-state index in [0.717, 1.165) is 18.4 Å². The van der Waals surface area contributed by atoms with Gasteiger partial charge in [-0.15, -0.1) is 0 Å². The molecule has 0 aliphatic carbocycles. The van der Waals surface area contributed by atoms with Crippen LogP contribution in [0.1, 0.15) is 51.7 Å². The summed E-state index contributed by atoms with van der Waals surface area (Å²) in [5, 5.41) is 3.59. The molecule has 0 heterocycles. The fourth-order valence-electron chi connectivity index (χ4n) is 3.42. The molecule has 1 amide bonds. The van der Waals surface area contributed by atoms with E-state index in [9.17, 15) is 31.2 Å². The zero-order chi connectivity index (χ0) is 26.0. The Kier molecular flexibility index (Phi) is 7.39. The molecular formula is C24H23F3N2O5S. The molecule has 0 bridgehead atoms. The van der Waals surface area contributed by atoms with E-state index in [2.05, 4.69) is 10.0 Å². The summed E-state index contributed by atoms with van der Waals surface area (Å²) < 4.78 is 69.3. The SMILES string of the molecule is CCOC(=O)c1cc([C@@H](C)NC(=O)c2ccc3cc(C(F)(F)F)ccc3c2)ccc1NS(C)(=O)=O. The summed E-state index contributed by atoms with van der Waals surface area (Å²) in [5.74, 6) is -1.21. The number of anilines is 1. The maximum atomic E-state index is 12.9. The summed E-state index contributed by atoms with van der Waals surface area (Å²) in [5.41, 5.74) is 0.00576. The second-order valence-electron chi connectivity index (χ2n) is 7.87. The van der Waals surface area contributed by atoms with E-state index in [1.165, 1.54) is 36.4 Å². The number of fused-ring (bicyclic) bond motifs is 1. The van der Waals surface area contributed by atoms with Crippen molar-refractivity contribution in [2.45, 2.75) is 26.1 Å². The summed E-state index contributed by atoms with van der Waals surface area (Å²) in [6, 6.07) is 11.4. The van der Waals surface area contributed by atoms with Crippen LogP contribution < -0.4 is 10.0 Å². The van der Waals surface area contributed by atoms with E-state index < -0.39 is 39.7 Å². The van der Waals surface area contributed by atoms with Gasteiger partial charge < -0.3 is 10.1 Å². The highest BCUT2D eigenvalue weighted by atomic mass is 32.2. The minimum Gasteiger partial charge on any atom is -0.462 e. The number of halogens is 3. The first-order valence-corrected chi connectivity index (χ1v) is 12.4. The third-order valence-corrected chi connectivity index (χ3v) is 5.70. The number of benzene rings is 3. The molecule has 0 saturated heterocycles. The van der Waals surface area contributed by atoms with Gasteiger partial charge in [-0.3, -0.25) is 9.52 Å². The van der Waals surface area contributed by atoms with Crippen LogP contribution in [-0.4, -0.2) is 33.2 Å². The standard InChI is InChI=1S/C24H23F3N2O5S/c1-4-34-23(31)20-13-15(8-10-21(20)29-35(3,32)33)14(2)28-22(30)18-6-5-17-12-19(24(25,26)27)9-7-16(17)11-18/h5-14,29H,4H2,1-3H3,(H,28,30)/t14-/m1/s1. The van der Waals surface area contributed by atoms with Crippen LogP contribution in [0.5, 0.6) is 0 Å². The van der Waals surface area contributed by atoms with Crippen LogP contribution in [0.25, 0.3) is 10.8 Å². The largest absolute Gasteiger partial charge is 0.462 e. The van der Waals surface area contributed by atoms with Crippen LogP contribution in [0.2, 0.25) is 0 Å². The molecule has 0 aliphatic rings. The number of sulfonamides is 1. The Labute approximate surface area is 200 Å². The van der Waals surface area contributed by atoms with Crippen molar-refractivity contribution in [1.82, 2.24) is 5.32 Å². The lowest BCUT2D eigenvalue weighted by atomic mass is 10.0. The first-order chi connectivity index (χ1) is 16.3. The van der Waals surface area contributed by atoms with E-state index in [1.807, 2.05) is 0 Å². The highest BCUT2D eigenvalue weighted by Gasteiger charge is 2.30. The van der Waals surface area contributed by atoms with Crippen molar-refractivity contribution >= 4 is 38.4 Å². The van der Waals surface area contributed by atoms with Gasteiger partial charge in [0.15, 0.2) is 0 Å². The van der Waals surface area contributed by atoms with Gasteiger partial charge >= 0.3 is 12.1 Å². The summed E-state index contributed by atoms with van der Waals surface area (Å²) in [6.45, 7) is 3.37. The highest BCUT2D eigenvalue weighted by molar-refractivity contribution is 7.92. The summed E-state index contributed by atoms with van der Waals surface area (Å²) >= 11 is 0. The highest BCUT2D eigenvalue weighted by Crippen LogP contribution is 2.32. The van der Waals surface area contributed by atoms with Crippen molar-refractivity contribution in [2.24, 2.45) is 0 Å². The second-order valence-corrected chi connectivity index (χ2v) is 9.62. The Morgan fingerprint density at radius 2 is 1.66 bits per heavy atom. The first kappa shape index (κ1) is 26.0. The third-order valence-electron chi connectivity index (χ3n) is 5.11. The minimum atomic E-state index is -4.46. The van der Waals surface area contributed by atoms with Gasteiger partial charge in [0.05, 0.1) is 35.7 Å². The first-order valence-electron chi connectivity index (χ1n) is 10.5. The Hall–Kier alpha value is -3.60. The maximum absolute atomic E-state index is 12.9. The quantitative estimate of drug-likeness (QED) is 0.442. The van der Waals surface area contributed by atoms with Crippen LogP contribution >= 0.6 is 0 Å². The van der Waals surface area contributed by atoms with Crippen LogP contribution in [0.3, 0.4) is 0 Å². The number of esters is 1. The lowest BCUT2D eigenvalue weighted by Crippen LogP contribution is -2.27. The fourth-order valence-corrected chi connectivity index (χ4v) is 4.00. The molecule has 0 spiro atoms. The number of rotatable bonds is 7. The Morgan fingerprint density at radius 1 is 1.00 bits per heavy atom. The third kappa shape index (κ3) is 6.50. The Morgan fingerprint density at radius 3 is 2.29 bits per heavy atom. The Bertz CT molecular complexity index is 1390. The van der Waals surface area contributed by atoms with Crippen LogP contribution in [0.4, 0.5) is 18.9 Å². The molecular weight excluding hydrogens is 485 g/mol. The second kappa shape index (κ2) is 9.95. The number of carbonyl (C=O) groups excluding carboxylic acids is 2. The lowest BCUT2D eigenvalue weighted by Gasteiger charge is -2.17. The van der Waals surface area contributed by atoms with E-state index in [-0.39, 0.29) is 23.4 Å². The lowest BCUT2D eigenvalue weighted by molar-refractivity contribution is -0.137. The van der Waals surface area contributed by atoms with Crippen LogP contribution in [0, 0.1) is 0 Å². The fraction of sp³-hybridized carbons (Fsp3) is 0.250. The molecule has 11 heteroatoms. The van der Waals surface area contributed by atoms with Gasteiger partial charge in [-0.25, -0.2) is 13.2 Å². The van der Waals surface area contributed by atoms with Crippen LogP contribution in [0.15, 0.2) is 54.6 Å². The topological polar surface area (TPSA) is 102 Å². The molecule has 0 aliphatic heterocycles. The van der Waals surface area contributed by atoms with E-state index in [0.29, 0.717) is 16.3 Å². The monoisotopic (exact) mass is 508 g/mol. The minimum absolute atomic E-state index is 0.0120. The molecule has 186 valence electrons. The van der Waals surface area contributed by atoms with Gasteiger partial charge in [-0.05, 0) is 66.6 Å². The zero-order valence-corrected chi connectivity index (χ0v) is 19.9. The van der Waals surface area contributed by atoms with Crippen molar-refractivity contribution in [3.63, 3.8) is 0 Å². The molecule has 0 fully saturated rings. The molecule has 3 rings (SSSR count). The molecule has 7 nitrogen and oxygen atoms in total. The summed E-state index contributed by atoms with van der Waals surface area (Å²) in [6.07, 6.45) is -3.51. The van der Waals surface area contributed by atoms with Crippen molar-refractivity contribution in [3.05, 3.63) is 76.9 Å². The Balaban J connectivity index is 1.85. The van der Waals surface area contributed by atoms with Crippen molar-refractivity contribution < 1.29 is 35.9 Å². The van der Waals surface area contributed by atoms with Crippen LogP contribution in [-0.2, 0) is 20.9 Å². The number of carbonyl (C=O) groups is 2. The van der Waals surface area contributed by atoms with Gasteiger partial charge in [0.25, 0.3) is 5.91 Å². The number of hydrogen-bond donors (Lipinski definition) is 2. The van der Waals surface area contributed by atoms with Gasteiger partial charge in [-0.2, -0.15) is 13.2 Å². The predicted octanol–water partition coefficient (Wildman–Crippen LogP) is 4.90.